The summed E-state index contributed by atoms with van der Waals surface area (Å²) in [5, 5.41) is 0. The Kier molecular flexibility index (Phi) is 5.28. The number of anilines is 1. The molecule has 2 aromatic heterocycles. The number of para-hydroxylation sites is 1. The molecule has 6 heteroatoms. The van der Waals surface area contributed by atoms with Crippen LogP contribution in [0.4, 0.5) is 5.69 Å². The first kappa shape index (κ1) is 18.1. The number of hydrogen-bond donors (Lipinski definition) is 0. The molecule has 0 aliphatic carbocycles. The molecule has 3 aromatic rings. The van der Waals surface area contributed by atoms with Gasteiger partial charge in [-0.05, 0) is 43.2 Å². The fraction of sp³-hybridized carbons (Fsp3) is 0.273. The van der Waals surface area contributed by atoms with E-state index in [4.69, 9.17) is 8.83 Å². The van der Waals surface area contributed by atoms with Crippen LogP contribution >= 0.6 is 0 Å². The first-order valence-corrected chi connectivity index (χ1v) is 9.42. The fourth-order valence-corrected chi connectivity index (χ4v) is 3.58. The highest BCUT2D eigenvalue weighted by molar-refractivity contribution is 5.96. The minimum absolute atomic E-state index is 0.0462. The fourth-order valence-electron chi connectivity index (χ4n) is 3.58. The molecule has 3 heterocycles. The quantitative estimate of drug-likeness (QED) is 0.674. The Hall–Kier alpha value is -3.28. The van der Waals surface area contributed by atoms with E-state index in [2.05, 4.69) is 0 Å². The molecule has 0 N–H and O–H groups in total. The van der Waals surface area contributed by atoms with Crippen LogP contribution in [0.2, 0.25) is 0 Å². The number of furan rings is 2. The molecule has 1 aromatic carbocycles. The Labute approximate surface area is 163 Å². The smallest absolute Gasteiger partial charge is 0.257 e. The number of piperidine rings is 1. The lowest BCUT2D eigenvalue weighted by Gasteiger charge is -2.34. The number of hydrogen-bond acceptors (Lipinski definition) is 4. The molecule has 4 rings (SSSR count). The van der Waals surface area contributed by atoms with Crippen molar-refractivity contribution in [3.8, 4) is 0 Å². The molecule has 1 aliphatic heterocycles. The molecule has 28 heavy (non-hydrogen) atoms. The van der Waals surface area contributed by atoms with Crippen LogP contribution in [0.1, 0.15) is 29.0 Å². The summed E-state index contributed by atoms with van der Waals surface area (Å²) >= 11 is 0. The van der Waals surface area contributed by atoms with E-state index >= 15 is 0 Å². The molecular weight excluding hydrogens is 356 g/mol. The van der Waals surface area contributed by atoms with Crippen molar-refractivity contribution >= 4 is 17.5 Å². The van der Waals surface area contributed by atoms with E-state index in [0.29, 0.717) is 38.0 Å². The van der Waals surface area contributed by atoms with Crippen molar-refractivity contribution in [3.05, 3.63) is 78.6 Å². The van der Waals surface area contributed by atoms with Crippen LogP contribution in [0.5, 0.6) is 0 Å². The predicted octanol–water partition coefficient (Wildman–Crippen LogP) is 3.96. The molecule has 0 radical (unpaired) electrons. The van der Waals surface area contributed by atoms with E-state index < -0.39 is 0 Å². The van der Waals surface area contributed by atoms with Crippen molar-refractivity contribution in [1.29, 1.82) is 0 Å². The molecule has 1 fully saturated rings. The first-order valence-electron chi connectivity index (χ1n) is 9.42. The van der Waals surface area contributed by atoms with E-state index in [9.17, 15) is 9.59 Å². The summed E-state index contributed by atoms with van der Waals surface area (Å²) in [7, 11) is 0. The van der Waals surface area contributed by atoms with Gasteiger partial charge in [0, 0.05) is 24.7 Å². The number of likely N-dealkylation sites (tertiary alicyclic amines) is 1. The molecule has 1 saturated heterocycles. The number of benzene rings is 1. The molecule has 0 unspecified atom stereocenters. The summed E-state index contributed by atoms with van der Waals surface area (Å²) in [6, 6.07) is 15.0. The van der Waals surface area contributed by atoms with E-state index in [0.717, 1.165) is 11.4 Å². The first-order chi connectivity index (χ1) is 13.7. The van der Waals surface area contributed by atoms with Gasteiger partial charge >= 0.3 is 0 Å². The van der Waals surface area contributed by atoms with Crippen molar-refractivity contribution in [2.45, 2.75) is 19.4 Å². The van der Waals surface area contributed by atoms with E-state index in [1.165, 1.54) is 12.5 Å². The van der Waals surface area contributed by atoms with Gasteiger partial charge in [0.25, 0.3) is 5.91 Å². The summed E-state index contributed by atoms with van der Waals surface area (Å²) in [5.41, 5.74) is 1.40. The number of carbonyl (C=O) groups excluding carboxylic acids is 2. The molecule has 1 aliphatic rings. The summed E-state index contributed by atoms with van der Waals surface area (Å²) in [4.78, 5) is 29.3. The van der Waals surface area contributed by atoms with Crippen LogP contribution in [-0.4, -0.2) is 29.8 Å². The maximum absolute atomic E-state index is 13.3. The van der Waals surface area contributed by atoms with Crippen LogP contribution in [0.15, 0.2) is 76.2 Å². The molecule has 144 valence electrons. The number of carbonyl (C=O) groups is 2. The Balaban J connectivity index is 1.45. The second-order valence-corrected chi connectivity index (χ2v) is 6.92. The Morgan fingerprint density at radius 3 is 2.43 bits per heavy atom. The minimum atomic E-state index is -0.122. The molecule has 0 saturated carbocycles. The molecular formula is C22H22N2O4. The van der Waals surface area contributed by atoms with Gasteiger partial charge < -0.3 is 18.6 Å². The maximum Gasteiger partial charge on any atom is 0.257 e. The Morgan fingerprint density at radius 1 is 1.00 bits per heavy atom. The summed E-state index contributed by atoms with van der Waals surface area (Å²) < 4.78 is 10.5. The highest BCUT2D eigenvalue weighted by atomic mass is 16.3. The third-order valence-electron chi connectivity index (χ3n) is 5.13. The number of amides is 2. The zero-order valence-electron chi connectivity index (χ0n) is 15.5. The average Bonchev–Trinajstić information content (AvgIpc) is 3.46. The van der Waals surface area contributed by atoms with Crippen LogP contribution < -0.4 is 4.90 Å². The lowest BCUT2D eigenvalue weighted by molar-refractivity contribution is -0.123. The monoisotopic (exact) mass is 378 g/mol. The lowest BCUT2D eigenvalue weighted by Crippen LogP contribution is -2.44. The van der Waals surface area contributed by atoms with Crippen molar-refractivity contribution in [3.63, 3.8) is 0 Å². The van der Waals surface area contributed by atoms with E-state index in [1.807, 2.05) is 42.5 Å². The van der Waals surface area contributed by atoms with Gasteiger partial charge in [-0.25, -0.2) is 0 Å². The number of nitrogens with zero attached hydrogens (tertiary/aromatic N) is 2. The van der Waals surface area contributed by atoms with Gasteiger partial charge in [-0.2, -0.15) is 0 Å². The summed E-state index contributed by atoms with van der Waals surface area (Å²) in [5.74, 6) is 0.640. The number of rotatable bonds is 5. The van der Waals surface area contributed by atoms with Gasteiger partial charge in [-0.3, -0.25) is 9.59 Å². The Morgan fingerprint density at radius 2 is 1.79 bits per heavy atom. The highest BCUT2D eigenvalue weighted by Crippen LogP contribution is 2.26. The second kappa shape index (κ2) is 8.17. The van der Waals surface area contributed by atoms with Crippen molar-refractivity contribution in [2.75, 3.05) is 18.0 Å². The molecule has 2 amide bonds. The third-order valence-corrected chi connectivity index (χ3v) is 5.13. The SMILES string of the molecule is O=C(c1ccoc1)N1CCC(C(=O)N(Cc2ccco2)c2ccccc2)CC1. The lowest BCUT2D eigenvalue weighted by atomic mass is 9.94. The largest absolute Gasteiger partial charge is 0.472 e. The van der Waals surface area contributed by atoms with Crippen LogP contribution in [0.3, 0.4) is 0 Å². The van der Waals surface area contributed by atoms with Crippen LogP contribution in [0.25, 0.3) is 0 Å². The maximum atomic E-state index is 13.3. The average molecular weight is 378 g/mol. The molecule has 0 spiro atoms. The van der Waals surface area contributed by atoms with Crippen LogP contribution in [-0.2, 0) is 11.3 Å². The van der Waals surface area contributed by atoms with Crippen LogP contribution in [0, 0.1) is 5.92 Å². The zero-order valence-corrected chi connectivity index (χ0v) is 15.5. The van der Waals surface area contributed by atoms with Gasteiger partial charge in [-0.15, -0.1) is 0 Å². The van der Waals surface area contributed by atoms with Gasteiger partial charge in [0.15, 0.2) is 0 Å². The highest BCUT2D eigenvalue weighted by Gasteiger charge is 2.31. The van der Waals surface area contributed by atoms with E-state index in [1.54, 1.807) is 22.1 Å². The van der Waals surface area contributed by atoms with E-state index in [-0.39, 0.29) is 17.7 Å². The predicted molar refractivity (Wildman–Crippen MR) is 104 cm³/mol. The summed E-state index contributed by atoms with van der Waals surface area (Å²) in [6.07, 6.45) is 5.85. The van der Waals surface area contributed by atoms with Crippen molar-refractivity contribution < 1.29 is 18.4 Å². The van der Waals surface area contributed by atoms with Gasteiger partial charge in [0.2, 0.25) is 5.91 Å². The zero-order chi connectivity index (χ0) is 19.3. The molecule has 6 nitrogen and oxygen atoms in total. The van der Waals surface area contributed by atoms with Crippen molar-refractivity contribution in [1.82, 2.24) is 4.90 Å². The topological polar surface area (TPSA) is 66.9 Å². The molecule has 0 bridgehead atoms. The summed E-state index contributed by atoms with van der Waals surface area (Å²) in [6.45, 7) is 1.51. The minimum Gasteiger partial charge on any atom is -0.472 e. The third kappa shape index (κ3) is 3.86. The van der Waals surface area contributed by atoms with Gasteiger partial charge in [0.05, 0.1) is 24.6 Å². The molecule has 0 atom stereocenters. The second-order valence-electron chi connectivity index (χ2n) is 6.92. The van der Waals surface area contributed by atoms with Gasteiger partial charge in [0.1, 0.15) is 12.0 Å². The standard InChI is InChI=1S/C22H22N2O4/c25-21(18-10-14-27-16-18)23-11-8-17(9-12-23)22(26)24(15-20-7-4-13-28-20)19-5-2-1-3-6-19/h1-7,10,13-14,16-17H,8-9,11-12,15H2. The Bertz CT molecular complexity index is 895. The normalized spacial score (nSPS) is 14.8. The van der Waals surface area contributed by atoms with Gasteiger partial charge in [-0.1, -0.05) is 18.2 Å². The van der Waals surface area contributed by atoms with Crippen molar-refractivity contribution in [2.24, 2.45) is 5.92 Å².